The number of nitrogens with zero attached hydrogens (tertiary/aromatic N) is 1. The van der Waals surface area contributed by atoms with Crippen LogP contribution in [-0.2, 0) is 4.79 Å². The minimum atomic E-state index is -0.845. The second kappa shape index (κ2) is 10.9. The van der Waals surface area contributed by atoms with Crippen molar-refractivity contribution >= 4 is 34.5 Å². The lowest BCUT2D eigenvalue weighted by molar-refractivity contribution is -0.112. The van der Waals surface area contributed by atoms with Crippen LogP contribution in [0.15, 0.2) is 82.3 Å². The van der Waals surface area contributed by atoms with Gasteiger partial charge in [-0.2, -0.15) is 0 Å². The minimum Gasteiger partial charge on any atom is -0.455 e. The number of hydrogen-bond acceptors (Lipinski definition) is 6. The Morgan fingerprint density at radius 1 is 1.00 bits per heavy atom. The maximum atomic E-state index is 13.6. The van der Waals surface area contributed by atoms with Crippen molar-refractivity contribution in [2.45, 2.75) is 25.3 Å². The summed E-state index contributed by atoms with van der Waals surface area (Å²) in [4.78, 5) is 41.9. The van der Waals surface area contributed by atoms with Crippen LogP contribution >= 0.6 is 0 Å². The number of amidine groups is 1. The summed E-state index contributed by atoms with van der Waals surface area (Å²) in [6.07, 6.45) is 1.18. The van der Waals surface area contributed by atoms with E-state index < -0.39 is 17.3 Å². The molecule has 1 fully saturated rings. The summed E-state index contributed by atoms with van der Waals surface area (Å²) in [5, 5.41) is 6.21. The molecule has 5 rings (SSSR count). The number of hydrazine groups is 1. The van der Waals surface area contributed by atoms with Gasteiger partial charge in [0.1, 0.15) is 17.2 Å². The average molecular weight is 569 g/mol. The highest BCUT2D eigenvalue weighted by molar-refractivity contribution is 6.37. The molecule has 1 aliphatic rings. The van der Waals surface area contributed by atoms with Crippen LogP contribution in [0.4, 0.5) is 4.39 Å². The number of nitrogens with one attached hydrogen (secondary N) is 3. The van der Waals surface area contributed by atoms with Gasteiger partial charge in [-0.3, -0.25) is 14.4 Å². The maximum Gasteiger partial charge on any atom is 0.285 e. The van der Waals surface area contributed by atoms with Gasteiger partial charge in [0.15, 0.2) is 0 Å². The third-order valence-corrected chi connectivity index (χ3v) is 7.33. The van der Waals surface area contributed by atoms with Gasteiger partial charge in [0, 0.05) is 23.6 Å². The molecule has 1 aliphatic carbocycles. The number of carbonyl (C=O) groups excluding carboxylic acids is 3. The Hall–Kier alpha value is -5.29. The molecule has 4 aromatic rings. The molecule has 0 saturated heterocycles. The SMILES string of the molecule is C=C(N=C(NN)C(N)=O)C1(NC(=O)c2ccc(C)c(-c3ccc4oc(-c5ccc(F)cc5)c(C(=O)NC)c4c3)c2)CC1. The van der Waals surface area contributed by atoms with Crippen molar-refractivity contribution in [3.05, 3.63) is 95.4 Å². The molecule has 42 heavy (non-hydrogen) atoms. The van der Waals surface area contributed by atoms with Crippen molar-refractivity contribution in [2.24, 2.45) is 16.6 Å². The summed E-state index contributed by atoms with van der Waals surface area (Å²) in [5.74, 6) is 3.45. The Labute approximate surface area is 240 Å². The first kappa shape index (κ1) is 28.2. The quantitative estimate of drug-likeness (QED) is 0.0987. The van der Waals surface area contributed by atoms with Crippen molar-refractivity contribution < 1.29 is 23.2 Å². The van der Waals surface area contributed by atoms with Crippen LogP contribution in [0.3, 0.4) is 0 Å². The number of aryl methyl sites for hydroxylation is 1. The number of primary amides is 1. The smallest absolute Gasteiger partial charge is 0.285 e. The molecular weight excluding hydrogens is 539 g/mol. The Balaban J connectivity index is 1.50. The lowest BCUT2D eigenvalue weighted by Gasteiger charge is -2.18. The van der Waals surface area contributed by atoms with E-state index in [1.807, 2.05) is 25.1 Å². The lowest BCUT2D eigenvalue weighted by Crippen LogP contribution is -2.42. The summed E-state index contributed by atoms with van der Waals surface area (Å²) >= 11 is 0. The largest absolute Gasteiger partial charge is 0.455 e. The van der Waals surface area contributed by atoms with Crippen molar-refractivity contribution in [3.63, 3.8) is 0 Å². The van der Waals surface area contributed by atoms with E-state index in [-0.39, 0.29) is 23.3 Å². The molecule has 214 valence electrons. The van der Waals surface area contributed by atoms with E-state index in [1.54, 1.807) is 30.3 Å². The Morgan fingerprint density at radius 3 is 2.31 bits per heavy atom. The number of rotatable bonds is 7. The van der Waals surface area contributed by atoms with E-state index in [0.717, 1.165) is 16.7 Å². The topological polar surface area (TPSA) is 165 Å². The zero-order valence-electron chi connectivity index (χ0n) is 23.0. The first-order valence-corrected chi connectivity index (χ1v) is 13.1. The third kappa shape index (κ3) is 5.25. The molecule has 1 aromatic heterocycles. The summed E-state index contributed by atoms with van der Waals surface area (Å²) in [6.45, 7) is 5.83. The van der Waals surface area contributed by atoms with Gasteiger partial charge in [-0.05, 0) is 85.0 Å². The number of nitrogens with two attached hydrogens (primary N) is 2. The van der Waals surface area contributed by atoms with Crippen molar-refractivity contribution in [2.75, 3.05) is 7.05 Å². The number of carbonyl (C=O) groups is 3. The fourth-order valence-corrected chi connectivity index (χ4v) is 4.80. The monoisotopic (exact) mass is 568 g/mol. The summed E-state index contributed by atoms with van der Waals surface area (Å²) < 4.78 is 19.6. The molecule has 0 bridgehead atoms. The van der Waals surface area contributed by atoms with Crippen LogP contribution in [-0.4, -0.2) is 36.1 Å². The molecule has 10 nitrogen and oxygen atoms in total. The predicted molar refractivity (Wildman–Crippen MR) is 158 cm³/mol. The highest BCUT2D eigenvalue weighted by Gasteiger charge is 2.47. The molecule has 0 atom stereocenters. The number of furan rings is 1. The van der Waals surface area contributed by atoms with Crippen LogP contribution in [0.5, 0.6) is 0 Å². The Kier molecular flexibility index (Phi) is 7.36. The zero-order valence-corrected chi connectivity index (χ0v) is 23.0. The third-order valence-electron chi connectivity index (χ3n) is 7.33. The Bertz CT molecular complexity index is 1790. The highest BCUT2D eigenvalue weighted by Crippen LogP contribution is 2.42. The first-order chi connectivity index (χ1) is 20.1. The molecule has 3 amide bonds. The van der Waals surface area contributed by atoms with Gasteiger partial charge in [0.05, 0.1) is 16.8 Å². The average Bonchev–Trinajstić information content (AvgIpc) is 3.67. The maximum absolute atomic E-state index is 13.6. The minimum absolute atomic E-state index is 0.258. The molecular formula is C31H29FN6O4. The number of aliphatic imine (C=N–C) groups is 1. The number of amides is 3. The molecule has 1 saturated carbocycles. The number of benzene rings is 3. The summed E-state index contributed by atoms with van der Waals surface area (Å²) in [5.41, 5.74) is 11.1. The Morgan fingerprint density at radius 2 is 1.69 bits per heavy atom. The molecule has 3 aromatic carbocycles. The van der Waals surface area contributed by atoms with Gasteiger partial charge in [-0.15, -0.1) is 0 Å². The predicted octanol–water partition coefficient (Wildman–Crippen LogP) is 3.70. The lowest BCUT2D eigenvalue weighted by atomic mass is 9.95. The van der Waals surface area contributed by atoms with Gasteiger partial charge in [-0.25, -0.2) is 15.2 Å². The first-order valence-electron chi connectivity index (χ1n) is 13.1. The fraction of sp³-hybridized carbons (Fsp3) is 0.161. The molecule has 0 aliphatic heterocycles. The van der Waals surface area contributed by atoms with E-state index in [1.165, 1.54) is 19.2 Å². The van der Waals surface area contributed by atoms with E-state index in [0.29, 0.717) is 46.3 Å². The van der Waals surface area contributed by atoms with Crippen molar-refractivity contribution in [1.29, 1.82) is 0 Å². The van der Waals surface area contributed by atoms with Crippen molar-refractivity contribution in [1.82, 2.24) is 16.1 Å². The second-order valence-corrected chi connectivity index (χ2v) is 10.1. The van der Waals surface area contributed by atoms with E-state index >= 15 is 0 Å². The summed E-state index contributed by atoms with van der Waals surface area (Å²) in [6, 6.07) is 16.5. The van der Waals surface area contributed by atoms with Crippen LogP contribution in [0, 0.1) is 12.7 Å². The molecule has 0 radical (unpaired) electrons. The van der Waals surface area contributed by atoms with Crippen LogP contribution in [0.1, 0.15) is 39.1 Å². The van der Waals surface area contributed by atoms with Gasteiger partial charge in [0.2, 0.25) is 5.84 Å². The van der Waals surface area contributed by atoms with Crippen molar-refractivity contribution in [3.8, 4) is 22.5 Å². The van der Waals surface area contributed by atoms with Crippen LogP contribution < -0.4 is 27.6 Å². The van der Waals surface area contributed by atoms with E-state index in [2.05, 4.69) is 27.6 Å². The zero-order chi connectivity index (χ0) is 30.2. The number of hydrogen-bond donors (Lipinski definition) is 5. The molecule has 0 unspecified atom stereocenters. The molecule has 0 spiro atoms. The van der Waals surface area contributed by atoms with Gasteiger partial charge in [-0.1, -0.05) is 18.7 Å². The second-order valence-electron chi connectivity index (χ2n) is 10.1. The van der Waals surface area contributed by atoms with Gasteiger partial charge >= 0.3 is 0 Å². The van der Waals surface area contributed by atoms with Gasteiger partial charge < -0.3 is 26.2 Å². The van der Waals surface area contributed by atoms with Crippen LogP contribution in [0.25, 0.3) is 33.4 Å². The molecule has 7 N–H and O–H groups in total. The fourth-order valence-electron chi connectivity index (χ4n) is 4.80. The highest BCUT2D eigenvalue weighted by atomic mass is 19.1. The number of fused-ring (bicyclic) bond motifs is 1. The van der Waals surface area contributed by atoms with Crippen LogP contribution in [0.2, 0.25) is 0 Å². The number of halogens is 1. The molecule has 11 heteroatoms. The summed E-state index contributed by atoms with van der Waals surface area (Å²) in [7, 11) is 1.53. The molecule has 1 heterocycles. The van der Waals surface area contributed by atoms with E-state index in [4.69, 9.17) is 16.0 Å². The van der Waals surface area contributed by atoms with E-state index in [9.17, 15) is 18.8 Å². The standard InChI is InChI=1S/C31H29FN6O4/c1-16-4-5-20(29(40)37-31(12-13-31)17(2)36-28(38-34)27(33)39)15-22(16)19-8-11-24-23(14-19)25(30(41)35-3)26(42-24)18-6-9-21(32)10-7-18/h4-11,14-15H,2,12-13,34H2,1,3H3,(H2,33,39)(H,35,41)(H,36,38)(H,37,40). The normalized spacial score (nSPS) is 13.9. The van der Waals surface area contributed by atoms with Gasteiger partial charge in [0.25, 0.3) is 17.7 Å².